The number of ether oxygens (including phenoxy) is 1. The highest BCUT2D eigenvalue weighted by Crippen LogP contribution is 2.09. The molecule has 0 unspecified atom stereocenters. The van der Waals surface area contributed by atoms with Crippen LogP contribution in [0.15, 0.2) is 12.4 Å². The van der Waals surface area contributed by atoms with Crippen molar-refractivity contribution < 1.29 is 4.74 Å². The number of alkyl halides is 1. The summed E-state index contributed by atoms with van der Waals surface area (Å²) in [5.41, 5.74) is 0. The Kier molecular flexibility index (Phi) is 5.07. The first kappa shape index (κ1) is 11.0. The number of nitrogens with one attached hydrogen (secondary N) is 1. The van der Waals surface area contributed by atoms with Crippen LogP contribution < -0.4 is 10.1 Å². The fourth-order valence-electron chi connectivity index (χ4n) is 0.984. The monoisotopic (exact) mass is 215 g/mol. The number of aromatic nitrogens is 2. The maximum Gasteiger partial charge on any atom is 0.218 e. The molecule has 0 saturated heterocycles. The summed E-state index contributed by atoms with van der Waals surface area (Å²) in [5.74, 6) is 2.06. The van der Waals surface area contributed by atoms with Crippen LogP contribution in [0, 0.1) is 0 Å². The zero-order valence-corrected chi connectivity index (χ0v) is 8.92. The van der Waals surface area contributed by atoms with Crippen LogP contribution in [0.25, 0.3) is 0 Å². The molecule has 0 aliphatic carbocycles. The van der Waals surface area contributed by atoms with E-state index in [1.807, 2.05) is 0 Å². The zero-order valence-electron chi connectivity index (χ0n) is 8.16. The highest BCUT2D eigenvalue weighted by Gasteiger charge is 1.96. The first-order valence-electron chi connectivity index (χ1n) is 4.52. The van der Waals surface area contributed by atoms with Crippen LogP contribution in [-0.2, 0) is 0 Å². The van der Waals surface area contributed by atoms with Crippen LogP contribution in [0.5, 0.6) is 5.88 Å². The fourth-order valence-corrected chi connectivity index (χ4v) is 1.17. The van der Waals surface area contributed by atoms with Crippen molar-refractivity contribution >= 4 is 17.4 Å². The van der Waals surface area contributed by atoms with Gasteiger partial charge in [-0.25, -0.2) is 9.97 Å². The van der Waals surface area contributed by atoms with Gasteiger partial charge in [0.1, 0.15) is 12.1 Å². The second kappa shape index (κ2) is 6.43. The molecule has 1 heterocycles. The number of nitrogens with zero attached hydrogens (tertiary/aromatic N) is 2. The van der Waals surface area contributed by atoms with E-state index in [-0.39, 0.29) is 0 Å². The van der Waals surface area contributed by atoms with E-state index in [0.29, 0.717) is 11.8 Å². The van der Waals surface area contributed by atoms with Crippen molar-refractivity contribution in [2.75, 3.05) is 24.9 Å². The number of hydrogen-bond donors (Lipinski definition) is 1. The molecule has 0 bridgehead atoms. The van der Waals surface area contributed by atoms with Gasteiger partial charge in [-0.3, -0.25) is 0 Å². The second-order valence-corrected chi connectivity index (χ2v) is 3.15. The molecular weight excluding hydrogens is 202 g/mol. The molecule has 0 amide bonds. The Morgan fingerprint density at radius 3 is 3.00 bits per heavy atom. The molecule has 78 valence electrons. The van der Waals surface area contributed by atoms with Crippen LogP contribution >= 0.6 is 11.6 Å². The Hall–Kier alpha value is -1.03. The topological polar surface area (TPSA) is 47.0 Å². The van der Waals surface area contributed by atoms with Crippen molar-refractivity contribution in [3.63, 3.8) is 0 Å². The molecule has 1 aromatic rings. The molecular formula is C9H14ClN3O. The summed E-state index contributed by atoms with van der Waals surface area (Å²) in [6, 6.07) is 1.76. The van der Waals surface area contributed by atoms with Crippen LogP contribution in [0.1, 0.15) is 12.8 Å². The molecule has 1 rings (SSSR count). The summed E-state index contributed by atoms with van der Waals surface area (Å²) in [4.78, 5) is 7.96. The van der Waals surface area contributed by atoms with Gasteiger partial charge >= 0.3 is 0 Å². The number of anilines is 1. The molecule has 4 nitrogen and oxygen atoms in total. The summed E-state index contributed by atoms with van der Waals surface area (Å²) < 4.78 is 4.97. The highest BCUT2D eigenvalue weighted by atomic mass is 35.5. The quantitative estimate of drug-likeness (QED) is 0.582. The lowest BCUT2D eigenvalue weighted by molar-refractivity contribution is 0.397. The van der Waals surface area contributed by atoms with Crippen LogP contribution in [0.2, 0.25) is 0 Å². The van der Waals surface area contributed by atoms with E-state index in [9.17, 15) is 0 Å². The average molecular weight is 216 g/mol. The SMILES string of the molecule is COc1cc(NCCCCCl)ncn1. The molecule has 5 heteroatoms. The summed E-state index contributed by atoms with van der Waals surface area (Å²) in [6.07, 6.45) is 3.52. The van der Waals surface area contributed by atoms with E-state index in [2.05, 4.69) is 15.3 Å². The third-order valence-corrected chi connectivity index (χ3v) is 1.98. The molecule has 1 N–H and O–H groups in total. The number of unbranched alkanes of at least 4 members (excludes halogenated alkanes) is 1. The molecule has 0 saturated carbocycles. The lowest BCUT2D eigenvalue weighted by atomic mass is 10.3. The maximum absolute atomic E-state index is 5.56. The maximum atomic E-state index is 5.56. The third kappa shape index (κ3) is 3.79. The largest absolute Gasteiger partial charge is 0.481 e. The van der Waals surface area contributed by atoms with Gasteiger partial charge < -0.3 is 10.1 Å². The molecule has 1 aromatic heterocycles. The molecule has 0 radical (unpaired) electrons. The predicted molar refractivity (Wildman–Crippen MR) is 57.0 cm³/mol. The number of hydrogen-bond acceptors (Lipinski definition) is 4. The van der Waals surface area contributed by atoms with Crippen molar-refractivity contribution in [1.82, 2.24) is 9.97 Å². The molecule has 0 atom stereocenters. The van der Waals surface area contributed by atoms with E-state index in [1.165, 1.54) is 6.33 Å². The Labute approximate surface area is 88.7 Å². The smallest absolute Gasteiger partial charge is 0.218 e. The van der Waals surface area contributed by atoms with Gasteiger partial charge in [-0.15, -0.1) is 11.6 Å². The Morgan fingerprint density at radius 2 is 2.29 bits per heavy atom. The summed E-state index contributed by atoms with van der Waals surface area (Å²) in [5, 5.41) is 3.16. The molecule has 0 aliphatic heterocycles. The minimum absolute atomic E-state index is 0.569. The first-order valence-corrected chi connectivity index (χ1v) is 5.06. The van der Waals surface area contributed by atoms with Gasteiger partial charge in [-0.05, 0) is 12.8 Å². The van der Waals surface area contributed by atoms with Crippen LogP contribution in [-0.4, -0.2) is 29.5 Å². The second-order valence-electron chi connectivity index (χ2n) is 2.77. The number of methoxy groups -OCH3 is 1. The Bertz CT molecular complexity index is 270. The van der Waals surface area contributed by atoms with E-state index < -0.39 is 0 Å². The zero-order chi connectivity index (χ0) is 10.2. The van der Waals surface area contributed by atoms with Crippen molar-refractivity contribution in [3.8, 4) is 5.88 Å². The molecule has 0 aliphatic rings. The van der Waals surface area contributed by atoms with Crippen molar-refractivity contribution in [3.05, 3.63) is 12.4 Å². The summed E-state index contributed by atoms with van der Waals surface area (Å²) in [7, 11) is 1.58. The number of halogens is 1. The number of rotatable bonds is 6. The van der Waals surface area contributed by atoms with E-state index in [1.54, 1.807) is 13.2 Å². The van der Waals surface area contributed by atoms with Gasteiger partial charge in [0.15, 0.2) is 0 Å². The van der Waals surface area contributed by atoms with Gasteiger partial charge in [0.05, 0.1) is 7.11 Å². The van der Waals surface area contributed by atoms with Gasteiger partial charge in [-0.1, -0.05) is 0 Å². The fraction of sp³-hybridized carbons (Fsp3) is 0.556. The normalized spacial score (nSPS) is 9.86. The highest BCUT2D eigenvalue weighted by molar-refractivity contribution is 6.17. The van der Waals surface area contributed by atoms with Crippen LogP contribution in [0.4, 0.5) is 5.82 Å². The Morgan fingerprint density at radius 1 is 1.43 bits per heavy atom. The van der Waals surface area contributed by atoms with Crippen LogP contribution in [0.3, 0.4) is 0 Å². The summed E-state index contributed by atoms with van der Waals surface area (Å²) >= 11 is 5.56. The van der Waals surface area contributed by atoms with E-state index >= 15 is 0 Å². The lowest BCUT2D eigenvalue weighted by Gasteiger charge is -2.05. The average Bonchev–Trinajstić information content (AvgIpc) is 2.25. The predicted octanol–water partition coefficient (Wildman–Crippen LogP) is 1.92. The van der Waals surface area contributed by atoms with Crippen molar-refractivity contribution in [2.24, 2.45) is 0 Å². The van der Waals surface area contributed by atoms with Gasteiger partial charge in [0.2, 0.25) is 5.88 Å². The van der Waals surface area contributed by atoms with Crippen molar-refractivity contribution in [2.45, 2.75) is 12.8 Å². The molecule has 0 aromatic carbocycles. The van der Waals surface area contributed by atoms with E-state index in [0.717, 1.165) is 25.2 Å². The first-order chi connectivity index (χ1) is 6.86. The standard InChI is InChI=1S/C9H14ClN3O/c1-14-9-6-8(12-7-13-9)11-5-3-2-4-10/h6-7H,2-5H2,1H3,(H,11,12,13). The third-order valence-electron chi connectivity index (χ3n) is 1.72. The minimum atomic E-state index is 0.569. The van der Waals surface area contributed by atoms with Crippen molar-refractivity contribution in [1.29, 1.82) is 0 Å². The van der Waals surface area contributed by atoms with Gasteiger partial charge in [-0.2, -0.15) is 0 Å². The Balaban J connectivity index is 2.34. The summed E-state index contributed by atoms with van der Waals surface area (Å²) in [6.45, 7) is 0.868. The van der Waals surface area contributed by atoms with Gasteiger partial charge in [0, 0.05) is 18.5 Å². The molecule has 0 fully saturated rings. The van der Waals surface area contributed by atoms with Gasteiger partial charge in [0.25, 0.3) is 0 Å². The van der Waals surface area contributed by atoms with E-state index in [4.69, 9.17) is 16.3 Å². The molecule has 0 spiro atoms. The minimum Gasteiger partial charge on any atom is -0.481 e. The lowest BCUT2D eigenvalue weighted by Crippen LogP contribution is -2.04. The molecule has 14 heavy (non-hydrogen) atoms.